The van der Waals surface area contributed by atoms with E-state index in [9.17, 15) is 0 Å². The quantitative estimate of drug-likeness (QED) is 0.589. The molecule has 6 nitrogen and oxygen atoms in total. The SMILES string of the molecule is [C-]#N.[C-]#N.[C-]#N.[C-]#N.[C-]#N.[C-]#N.[Re]. The first kappa shape index (κ1) is 75.3. The maximum Gasteiger partial charge on any atom is 0 e. The van der Waals surface area contributed by atoms with Crippen molar-refractivity contribution in [1.29, 1.82) is 31.6 Å². The van der Waals surface area contributed by atoms with E-state index in [1.54, 1.807) is 0 Å². The Hall–Kier alpha value is -2.40. The summed E-state index contributed by atoms with van der Waals surface area (Å²) in [7, 11) is 0. The molecule has 7 heteroatoms. The van der Waals surface area contributed by atoms with Crippen LogP contribution in [0.2, 0.25) is 0 Å². The van der Waals surface area contributed by atoms with Crippen LogP contribution >= 0.6 is 0 Å². The van der Waals surface area contributed by atoms with E-state index in [4.69, 9.17) is 71.0 Å². The first-order chi connectivity index (χ1) is 6.00. The zero-order chi connectivity index (χ0) is 12.0. The summed E-state index contributed by atoms with van der Waals surface area (Å²) in [5.74, 6) is 0. The summed E-state index contributed by atoms with van der Waals surface area (Å²) in [5, 5.41) is 37.5. The van der Waals surface area contributed by atoms with Crippen LogP contribution in [0, 0.1) is 71.0 Å². The molecule has 0 N–H and O–H groups in total. The Morgan fingerprint density at radius 3 is 0.308 bits per heavy atom. The predicted molar refractivity (Wildman–Crippen MR) is 29.8 cm³/mol. The molecule has 67 valence electrons. The van der Waals surface area contributed by atoms with Gasteiger partial charge in [-0.05, 0) is 0 Å². The second-order valence-electron chi connectivity index (χ2n) is 0. The van der Waals surface area contributed by atoms with Gasteiger partial charge in [-0.2, -0.15) is 0 Å². The summed E-state index contributed by atoms with van der Waals surface area (Å²) >= 11 is 0. The molecule has 0 spiro atoms. The summed E-state index contributed by atoms with van der Waals surface area (Å²) in [4.78, 5) is 0. The molecule has 0 unspecified atom stereocenters. The average Bonchev–Trinajstić information content (AvgIpc) is 2.33. The first-order valence-corrected chi connectivity index (χ1v) is 1.34. The molecule has 0 aliphatic heterocycles. The van der Waals surface area contributed by atoms with Crippen molar-refractivity contribution in [3.63, 3.8) is 0 Å². The van der Waals surface area contributed by atoms with Crippen LogP contribution in [0.1, 0.15) is 0 Å². The van der Waals surface area contributed by atoms with Crippen molar-refractivity contribution in [3.05, 3.63) is 39.4 Å². The van der Waals surface area contributed by atoms with Crippen molar-refractivity contribution < 1.29 is 20.4 Å². The third-order valence-electron chi connectivity index (χ3n) is 0. The fourth-order valence-electron chi connectivity index (χ4n) is 0. The minimum Gasteiger partial charge on any atom is -0.512 e. The Morgan fingerprint density at radius 2 is 0.308 bits per heavy atom. The number of nitrogens with zero attached hydrogens (tertiary/aromatic N) is 6. The van der Waals surface area contributed by atoms with Crippen LogP contribution in [0.3, 0.4) is 0 Å². The van der Waals surface area contributed by atoms with Gasteiger partial charge < -0.3 is 71.0 Å². The van der Waals surface area contributed by atoms with Gasteiger partial charge in [-0.1, -0.05) is 0 Å². The van der Waals surface area contributed by atoms with Gasteiger partial charge in [0, 0.05) is 20.4 Å². The van der Waals surface area contributed by atoms with E-state index in [0.717, 1.165) is 0 Å². The Morgan fingerprint density at radius 1 is 0.308 bits per heavy atom. The molecule has 0 rings (SSSR count). The molecule has 0 atom stereocenters. The van der Waals surface area contributed by atoms with Gasteiger partial charge in [0.05, 0.1) is 0 Å². The van der Waals surface area contributed by atoms with Crippen LogP contribution < -0.4 is 0 Å². The Balaban J connectivity index is -0.00000000655. The second-order valence-corrected chi connectivity index (χ2v) is 0. The molecule has 0 saturated carbocycles. The average molecular weight is 342 g/mol. The maximum absolute atomic E-state index is 6.25. The van der Waals surface area contributed by atoms with Gasteiger partial charge in [0.25, 0.3) is 0 Å². The van der Waals surface area contributed by atoms with E-state index in [1.165, 1.54) is 0 Å². The molecule has 0 aromatic rings. The number of rotatable bonds is 0. The van der Waals surface area contributed by atoms with Gasteiger partial charge in [-0.3, -0.25) is 0 Å². The molecule has 0 aliphatic carbocycles. The molecule has 0 aromatic carbocycles. The van der Waals surface area contributed by atoms with Crippen LogP contribution in [0.4, 0.5) is 0 Å². The Kier molecular flexibility index (Phi) is 716. The third kappa shape index (κ3) is 96.5. The molecule has 0 saturated heterocycles. The van der Waals surface area contributed by atoms with Crippen LogP contribution in [0.25, 0.3) is 0 Å². The van der Waals surface area contributed by atoms with Crippen molar-refractivity contribution in [2.75, 3.05) is 0 Å². The van der Waals surface area contributed by atoms with Crippen LogP contribution in [0.15, 0.2) is 0 Å². The fraction of sp³-hybridized carbons (Fsp3) is 0. The van der Waals surface area contributed by atoms with Crippen LogP contribution in [-0.2, 0) is 20.4 Å². The molecule has 0 fully saturated rings. The monoisotopic (exact) mass is 343 g/mol. The topological polar surface area (TPSA) is 143 Å². The number of hydrogen-bond acceptors (Lipinski definition) is 6. The second kappa shape index (κ2) is 124. The Labute approximate surface area is 91.7 Å². The van der Waals surface area contributed by atoms with Gasteiger partial charge in [-0.15, -0.1) is 0 Å². The van der Waals surface area contributed by atoms with E-state index in [2.05, 4.69) is 0 Å². The summed E-state index contributed by atoms with van der Waals surface area (Å²) in [6, 6.07) is 0. The zero-order valence-corrected chi connectivity index (χ0v) is 8.78. The van der Waals surface area contributed by atoms with Crippen molar-refractivity contribution in [2.45, 2.75) is 0 Å². The van der Waals surface area contributed by atoms with Crippen LogP contribution in [-0.4, -0.2) is 0 Å². The van der Waals surface area contributed by atoms with Crippen molar-refractivity contribution in [3.8, 4) is 0 Å². The predicted octanol–water partition coefficient (Wildman–Crippen LogP) is 0.576. The fourth-order valence-corrected chi connectivity index (χ4v) is 0. The molecule has 0 amide bonds. The van der Waals surface area contributed by atoms with Gasteiger partial charge in [0.15, 0.2) is 0 Å². The first-order valence-electron chi connectivity index (χ1n) is 1.34. The van der Waals surface area contributed by atoms with Gasteiger partial charge >= 0.3 is 0 Å². The van der Waals surface area contributed by atoms with E-state index < -0.39 is 0 Å². The molecule has 0 aromatic heterocycles. The Bertz CT molecular complexity index is 92.1. The summed E-state index contributed by atoms with van der Waals surface area (Å²) in [6.45, 7) is 28.5. The number of hydrogen-bond donors (Lipinski definition) is 0. The van der Waals surface area contributed by atoms with Gasteiger partial charge in [0.2, 0.25) is 0 Å². The van der Waals surface area contributed by atoms with E-state index in [1.807, 2.05) is 0 Å². The van der Waals surface area contributed by atoms with Crippen molar-refractivity contribution in [1.82, 2.24) is 0 Å². The summed E-state index contributed by atoms with van der Waals surface area (Å²) in [6.07, 6.45) is 0. The minimum atomic E-state index is 0. The maximum atomic E-state index is 6.25. The molecule has 0 bridgehead atoms. The smallest absolute Gasteiger partial charge is 0 e. The van der Waals surface area contributed by atoms with Crippen LogP contribution in [0.5, 0.6) is 0 Å². The molecular formula is C6N6Re-6. The molecule has 1 radical (unpaired) electrons. The normalized spacial score (nSPS) is 0.923. The van der Waals surface area contributed by atoms with Gasteiger partial charge in [-0.25, -0.2) is 0 Å². The van der Waals surface area contributed by atoms with Gasteiger partial charge in [0.1, 0.15) is 0 Å². The molecule has 0 aliphatic rings. The van der Waals surface area contributed by atoms with E-state index in [0.29, 0.717) is 0 Å². The molecule has 13 heavy (non-hydrogen) atoms. The largest absolute Gasteiger partial charge is 0.512 e. The summed E-state index contributed by atoms with van der Waals surface area (Å²) in [5.41, 5.74) is 0. The van der Waals surface area contributed by atoms with Crippen molar-refractivity contribution >= 4 is 0 Å². The molecule has 0 heterocycles. The standard InChI is InChI=1S/6CN.Re/c6*1-2;/q6*-1;. The third-order valence-corrected chi connectivity index (χ3v) is 0. The van der Waals surface area contributed by atoms with E-state index in [-0.39, 0.29) is 20.4 Å². The zero-order valence-electron chi connectivity index (χ0n) is 6.06. The van der Waals surface area contributed by atoms with Crippen molar-refractivity contribution in [2.24, 2.45) is 0 Å². The van der Waals surface area contributed by atoms with E-state index >= 15 is 0 Å². The summed E-state index contributed by atoms with van der Waals surface area (Å²) < 4.78 is 0. The minimum absolute atomic E-state index is 0. The molecular weight excluding hydrogens is 342 g/mol.